The van der Waals surface area contributed by atoms with Gasteiger partial charge in [0.05, 0.1) is 12.6 Å². The molecule has 0 bridgehead atoms. The summed E-state index contributed by atoms with van der Waals surface area (Å²) in [5, 5.41) is 11.3. The number of methoxy groups -OCH3 is 1. The van der Waals surface area contributed by atoms with Crippen LogP contribution in [0.15, 0.2) is 24.4 Å². The Kier molecular flexibility index (Phi) is 7.07. The monoisotopic (exact) mass is 471 g/mol. The molecule has 0 spiro atoms. The van der Waals surface area contributed by atoms with E-state index in [1.165, 1.54) is 10.9 Å². The van der Waals surface area contributed by atoms with Crippen LogP contribution >= 0.6 is 0 Å². The van der Waals surface area contributed by atoms with Crippen molar-refractivity contribution in [3.8, 4) is 5.75 Å². The Labute approximate surface area is 201 Å². The van der Waals surface area contributed by atoms with E-state index in [1.54, 1.807) is 12.0 Å². The molecule has 8 nitrogen and oxygen atoms in total. The first-order valence-electron chi connectivity index (χ1n) is 12.3. The molecule has 0 radical (unpaired) electrons. The quantitative estimate of drug-likeness (QED) is 0.669. The second-order valence-corrected chi connectivity index (χ2v) is 10.5. The normalized spacial score (nSPS) is 19.8. The van der Waals surface area contributed by atoms with Crippen LogP contribution in [-0.2, 0) is 9.53 Å². The van der Waals surface area contributed by atoms with Gasteiger partial charge in [-0.3, -0.25) is 9.69 Å². The molecule has 4 rings (SSSR count). The zero-order chi connectivity index (χ0) is 24.5. The van der Waals surface area contributed by atoms with Crippen molar-refractivity contribution in [2.75, 3.05) is 33.3 Å². The average molecular weight is 472 g/mol. The van der Waals surface area contributed by atoms with Gasteiger partial charge in [0, 0.05) is 24.7 Å². The number of aliphatic carboxylic acids is 1. The predicted molar refractivity (Wildman–Crippen MR) is 130 cm³/mol. The lowest BCUT2D eigenvalue weighted by molar-refractivity contribution is -0.147. The maximum absolute atomic E-state index is 12.4. The maximum atomic E-state index is 12.4. The summed E-state index contributed by atoms with van der Waals surface area (Å²) in [4.78, 5) is 31.9. The van der Waals surface area contributed by atoms with Gasteiger partial charge in [0.25, 0.3) is 0 Å². The van der Waals surface area contributed by atoms with E-state index in [-0.39, 0.29) is 12.0 Å². The highest BCUT2D eigenvalue weighted by molar-refractivity contribution is 5.88. The molecule has 8 heteroatoms. The molecule has 1 aromatic heterocycles. The number of benzene rings is 1. The summed E-state index contributed by atoms with van der Waals surface area (Å²) in [7, 11) is 1.68. The lowest BCUT2D eigenvalue weighted by atomic mass is 9.84. The molecule has 2 aliphatic rings. The van der Waals surface area contributed by atoms with Gasteiger partial charge < -0.3 is 24.5 Å². The first-order valence-corrected chi connectivity index (χ1v) is 12.3. The molecule has 186 valence electrons. The summed E-state index contributed by atoms with van der Waals surface area (Å²) in [6.45, 7) is 8.15. The van der Waals surface area contributed by atoms with Crippen LogP contribution in [0.3, 0.4) is 0 Å². The van der Waals surface area contributed by atoms with Crippen LogP contribution in [-0.4, -0.2) is 76.9 Å². The molecule has 1 amide bonds. The van der Waals surface area contributed by atoms with Crippen LogP contribution in [0.25, 0.3) is 10.9 Å². The topological polar surface area (TPSA) is 95.1 Å². The third kappa shape index (κ3) is 5.17. The van der Waals surface area contributed by atoms with Gasteiger partial charge in [-0.15, -0.1) is 0 Å². The number of carboxylic acids is 1. The lowest BCUT2D eigenvalue weighted by Crippen LogP contribution is -2.52. The van der Waals surface area contributed by atoms with Crippen molar-refractivity contribution in [3.05, 3.63) is 30.0 Å². The number of aromatic nitrogens is 1. The first kappa shape index (κ1) is 24.4. The Bertz CT molecular complexity index is 1010. The minimum Gasteiger partial charge on any atom is -0.495 e. The predicted octanol–water partition coefficient (Wildman–Crippen LogP) is 4.46. The van der Waals surface area contributed by atoms with Crippen LogP contribution in [0.1, 0.15) is 57.9 Å². The van der Waals surface area contributed by atoms with Gasteiger partial charge in [0.15, 0.2) is 0 Å². The molecule has 2 fully saturated rings. The number of rotatable bonds is 5. The molecule has 2 N–H and O–H groups in total. The van der Waals surface area contributed by atoms with E-state index in [9.17, 15) is 14.7 Å². The highest BCUT2D eigenvalue weighted by Gasteiger charge is 2.39. The molecule has 1 atom stereocenters. The zero-order valence-electron chi connectivity index (χ0n) is 20.7. The Morgan fingerprint density at radius 1 is 1.09 bits per heavy atom. The minimum atomic E-state index is -0.758. The minimum absolute atomic E-state index is 0.0325. The highest BCUT2D eigenvalue weighted by atomic mass is 16.6. The number of nitrogens with one attached hydrogen (secondary N) is 1. The number of ether oxygens (including phenoxy) is 2. The van der Waals surface area contributed by atoms with Gasteiger partial charge >= 0.3 is 12.1 Å². The maximum Gasteiger partial charge on any atom is 0.410 e. The van der Waals surface area contributed by atoms with E-state index >= 15 is 0 Å². The molecule has 0 aliphatic carbocycles. The summed E-state index contributed by atoms with van der Waals surface area (Å²) >= 11 is 0. The number of carboxylic acid groups (broad SMARTS) is 1. The SMILES string of the molecule is COc1cccc2c(C3CCN(C(C(=O)O)C4CCN(C(=O)OC(C)(C)C)CC4)CC3)c[nH]c12. The standard InChI is InChI=1S/C26H37N3O5/c1-26(2,3)34-25(32)29-14-10-18(11-15-29)23(24(30)31)28-12-8-17(9-13-28)20-16-27-22-19(20)6-5-7-21(22)33-4/h5-7,16-18,23,27H,8-15H2,1-4H3,(H,30,31). The molecular weight excluding hydrogens is 434 g/mol. The number of amides is 1. The third-order valence-electron chi connectivity index (χ3n) is 7.18. The van der Waals surface area contributed by atoms with Crippen molar-refractivity contribution in [2.24, 2.45) is 5.92 Å². The Balaban J connectivity index is 1.37. The van der Waals surface area contributed by atoms with Crippen molar-refractivity contribution >= 4 is 23.0 Å². The van der Waals surface area contributed by atoms with Gasteiger partial charge in [-0.25, -0.2) is 4.79 Å². The van der Waals surface area contributed by atoms with E-state index in [4.69, 9.17) is 9.47 Å². The van der Waals surface area contributed by atoms with Gasteiger partial charge in [0.1, 0.15) is 17.4 Å². The fourth-order valence-electron chi connectivity index (χ4n) is 5.52. The number of aromatic amines is 1. The number of hydrogen-bond donors (Lipinski definition) is 2. The molecule has 3 heterocycles. The van der Waals surface area contributed by atoms with Crippen LogP contribution in [0.4, 0.5) is 4.79 Å². The Hall–Kier alpha value is -2.74. The van der Waals surface area contributed by atoms with Crippen molar-refractivity contribution < 1.29 is 24.2 Å². The summed E-state index contributed by atoms with van der Waals surface area (Å²) in [5.41, 5.74) is 1.77. The lowest BCUT2D eigenvalue weighted by Gasteiger charge is -2.42. The van der Waals surface area contributed by atoms with Crippen molar-refractivity contribution in [2.45, 2.75) is 64.0 Å². The molecule has 1 aromatic carbocycles. The van der Waals surface area contributed by atoms with Gasteiger partial charge in [-0.1, -0.05) is 12.1 Å². The van der Waals surface area contributed by atoms with E-state index in [2.05, 4.69) is 22.1 Å². The summed E-state index contributed by atoms with van der Waals surface area (Å²) in [5.74, 6) is 0.501. The van der Waals surface area contributed by atoms with E-state index in [0.717, 1.165) is 37.2 Å². The highest BCUT2D eigenvalue weighted by Crippen LogP contribution is 2.37. The number of para-hydroxylation sites is 1. The van der Waals surface area contributed by atoms with Crippen molar-refractivity contribution in [3.63, 3.8) is 0 Å². The number of hydrogen-bond acceptors (Lipinski definition) is 5. The number of H-pyrrole nitrogens is 1. The van der Waals surface area contributed by atoms with Crippen molar-refractivity contribution in [1.82, 2.24) is 14.8 Å². The molecule has 1 unspecified atom stereocenters. The second-order valence-electron chi connectivity index (χ2n) is 10.5. The molecule has 34 heavy (non-hydrogen) atoms. The third-order valence-corrected chi connectivity index (χ3v) is 7.18. The smallest absolute Gasteiger partial charge is 0.410 e. The fourth-order valence-corrected chi connectivity index (χ4v) is 5.52. The summed E-state index contributed by atoms with van der Waals surface area (Å²) < 4.78 is 11.0. The van der Waals surface area contributed by atoms with Crippen LogP contribution in [0.2, 0.25) is 0 Å². The fraction of sp³-hybridized carbons (Fsp3) is 0.615. The summed E-state index contributed by atoms with van der Waals surface area (Å²) in [6, 6.07) is 5.58. The molecular formula is C26H37N3O5. The second kappa shape index (κ2) is 9.86. The van der Waals surface area contributed by atoms with Gasteiger partial charge in [-0.05, 0) is 83.0 Å². The Morgan fingerprint density at radius 2 is 1.76 bits per heavy atom. The first-order chi connectivity index (χ1) is 16.2. The number of carbonyl (C=O) groups is 2. The molecule has 2 saturated heterocycles. The van der Waals surface area contributed by atoms with E-state index in [0.29, 0.717) is 31.8 Å². The number of fused-ring (bicyclic) bond motifs is 1. The number of carbonyl (C=O) groups excluding carboxylic acids is 1. The van der Waals surface area contributed by atoms with Gasteiger partial charge in [0.2, 0.25) is 0 Å². The largest absolute Gasteiger partial charge is 0.495 e. The van der Waals surface area contributed by atoms with Gasteiger partial charge in [-0.2, -0.15) is 0 Å². The molecule has 0 saturated carbocycles. The van der Waals surface area contributed by atoms with Crippen LogP contribution in [0.5, 0.6) is 5.75 Å². The Morgan fingerprint density at radius 3 is 2.35 bits per heavy atom. The average Bonchev–Trinajstić information content (AvgIpc) is 3.23. The van der Waals surface area contributed by atoms with Crippen LogP contribution in [0, 0.1) is 5.92 Å². The number of piperidine rings is 2. The van der Waals surface area contributed by atoms with Crippen LogP contribution < -0.4 is 4.74 Å². The van der Waals surface area contributed by atoms with E-state index in [1.807, 2.05) is 32.9 Å². The summed E-state index contributed by atoms with van der Waals surface area (Å²) in [6.07, 6.45) is 4.97. The zero-order valence-corrected chi connectivity index (χ0v) is 20.7. The molecule has 2 aliphatic heterocycles. The molecule has 2 aromatic rings. The van der Waals surface area contributed by atoms with E-state index < -0.39 is 17.6 Å². The number of likely N-dealkylation sites (tertiary alicyclic amines) is 2. The number of nitrogens with zero attached hydrogens (tertiary/aromatic N) is 2. The van der Waals surface area contributed by atoms with Crippen molar-refractivity contribution in [1.29, 1.82) is 0 Å².